The number of fused-ring (bicyclic) bond motifs is 2. The summed E-state index contributed by atoms with van der Waals surface area (Å²) in [5, 5.41) is 10.9. The molecule has 13 heteroatoms. The Morgan fingerprint density at radius 3 is 2.77 bits per heavy atom. The van der Waals surface area contributed by atoms with Crippen LogP contribution in [0, 0.1) is 5.92 Å². The summed E-state index contributed by atoms with van der Waals surface area (Å²) < 4.78 is 5.03. The number of nitrogens with one attached hydrogen (secondary N) is 4. The van der Waals surface area contributed by atoms with Crippen molar-refractivity contribution in [3.05, 3.63) is 50.6 Å². The molecule has 1 aliphatic heterocycles. The van der Waals surface area contributed by atoms with E-state index in [0.29, 0.717) is 48.1 Å². The number of methoxy groups -OCH3 is 1. The fourth-order valence-electron chi connectivity index (χ4n) is 5.28. The van der Waals surface area contributed by atoms with Crippen LogP contribution < -0.4 is 16.0 Å². The molecule has 3 atom stereocenters. The molecule has 0 saturated heterocycles. The number of likely N-dealkylation sites (N-methyl/N-ethyl adjacent to an activating group) is 1. The van der Waals surface area contributed by atoms with Crippen molar-refractivity contribution in [1.82, 2.24) is 30.8 Å². The Hall–Kier alpha value is -2.70. The van der Waals surface area contributed by atoms with Crippen molar-refractivity contribution in [3.63, 3.8) is 0 Å². The van der Waals surface area contributed by atoms with E-state index in [9.17, 15) is 14.4 Å². The van der Waals surface area contributed by atoms with Gasteiger partial charge in [-0.2, -0.15) is 0 Å². The number of nitrogens with zero attached hydrogens (tertiary/aromatic N) is 2. The average Bonchev–Trinajstić information content (AvgIpc) is 3.53. The van der Waals surface area contributed by atoms with E-state index in [4.69, 9.17) is 16.3 Å². The molecule has 3 aromatic rings. The molecule has 3 heterocycles. The van der Waals surface area contributed by atoms with Crippen molar-refractivity contribution in [3.8, 4) is 0 Å². The monoisotopic (exact) mass is 608 g/mol. The highest BCUT2D eigenvalue weighted by molar-refractivity contribution is 7.13. The molecule has 2 aromatic heterocycles. The Labute approximate surface area is 248 Å². The molecule has 0 unspecified atom stereocenters. The van der Waals surface area contributed by atoms with E-state index in [1.54, 1.807) is 25.3 Å². The second-order valence-corrected chi connectivity index (χ2v) is 11.8. The number of carbonyl (C=O) groups is 3. The highest BCUT2D eigenvalue weighted by Crippen LogP contribution is 2.28. The molecule has 5 rings (SSSR count). The van der Waals surface area contributed by atoms with E-state index in [1.807, 2.05) is 6.07 Å². The first-order valence-corrected chi connectivity index (χ1v) is 14.3. The fourth-order valence-corrected chi connectivity index (χ4v) is 6.56. The summed E-state index contributed by atoms with van der Waals surface area (Å²) >= 11 is 7.53. The highest BCUT2D eigenvalue weighted by atomic mass is 35.5. The largest absolute Gasteiger partial charge is 0.383 e. The number of carbonyl (C=O) groups excluding carboxylic acids is 3. The van der Waals surface area contributed by atoms with E-state index >= 15 is 0 Å². The number of aromatic amines is 1. The van der Waals surface area contributed by atoms with Gasteiger partial charge >= 0.3 is 0 Å². The van der Waals surface area contributed by atoms with Crippen LogP contribution in [-0.2, 0) is 22.5 Å². The number of aromatic nitrogens is 2. The zero-order valence-electron chi connectivity index (χ0n) is 22.4. The van der Waals surface area contributed by atoms with Crippen LogP contribution in [0.4, 0.5) is 0 Å². The van der Waals surface area contributed by atoms with Gasteiger partial charge in [-0.25, -0.2) is 4.98 Å². The van der Waals surface area contributed by atoms with Gasteiger partial charge in [-0.05, 0) is 50.6 Å². The number of hydrogen-bond acceptors (Lipinski definition) is 7. The zero-order valence-corrected chi connectivity index (χ0v) is 24.8. The maximum absolute atomic E-state index is 13.3. The Morgan fingerprint density at radius 1 is 1.18 bits per heavy atom. The molecule has 2 aliphatic rings. The average molecular weight is 610 g/mol. The number of rotatable bonds is 8. The standard InChI is InChI=1S/C27H33ClN6O4S.ClH/c1-34-9-7-20-23(14-34)39-27(33-20)26(37)31-19-5-3-15(24(35)29-8-10-38-2)12-21(19)32-25(36)22-13-16-11-17(28)4-6-18(16)30-22;/h4,6,11,13,15,19,21,30H,3,5,7-10,12,14H2,1-2H3,(H,29,35)(H,31,37)(H,32,36);1H/t15-,19+,21-;/m0./s1. The Morgan fingerprint density at radius 2 is 1.98 bits per heavy atom. The van der Waals surface area contributed by atoms with Gasteiger partial charge in [-0.3, -0.25) is 14.4 Å². The van der Waals surface area contributed by atoms with Crippen molar-refractivity contribution < 1.29 is 19.1 Å². The molecule has 0 bridgehead atoms. The summed E-state index contributed by atoms with van der Waals surface area (Å²) in [6.07, 6.45) is 2.38. The predicted octanol–water partition coefficient (Wildman–Crippen LogP) is 3.15. The zero-order chi connectivity index (χ0) is 27.5. The second-order valence-electron chi connectivity index (χ2n) is 10.2. The van der Waals surface area contributed by atoms with Gasteiger partial charge < -0.3 is 30.6 Å². The van der Waals surface area contributed by atoms with Crippen molar-refractivity contribution in [1.29, 1.82) is 0 Å². The lowest BCUT2D eigenvalue weighted by molar-refractivity contribution is -0.126. The van der Waals surface area contributed by atoms with Crippen LogP contribution in [0.25, 0.3) is 10.9 Å². The van der Waals surface area contributed by atoms with Crippen molar-refractivity contribution in [2.45, 2.75) is 44.3 Å². The molecule has 0 spiro atoms. The molecule has 1 saturated carbocycles. The molecular formula is C27H34Cl2N6O4S. The topological polar surface area (TPSA) is 128 Å². The van der Waals surface area contributed by atoms with Gasteiger partial charge in [0.2, 0.25) is 5.91 Å². The van der Waals surface area contributed by atoms with Gasteiger partial charge in [0.1, 0.15) is 5.69 Å². The van der Waals surface area contributed by atoms with Crippen molar-refractivity contribution in [2.75, 3.05) is 33.9 Å². The van der Waals surface area contributed by atoms with Crippen LogP contribution in [-0.4, -0.2) is 78.5 Å². The van der Waals surface area contributed by atoms with Gasteiger partial charge in [0, 0.05) is 65.9 Å². The third-order valence-corrected chi connectivity index (χ3v) is 8.72. The highest BCUT2D eigenvalue weighted by Gasteiger charge is 2.36. The molecule has 3 amide bonds. The van der Waals surface area contributed by atoms with E-state index in [1.165, 1.54) is 11.3 Å². The number of thiazole rings is 1. The molecule has 1 aromatic carbocycles. The quantitative estimate of drug-likeness (QED) is 0.291. The first-order chi connectivity index (χ1) is 18.8. The van der Waals surface area contributed by atoms with Crippen molar-refractivity contribution >= 4 is 64.0 Å². The smallest absolute Gasteiger partial charge is 0.280 e. The summed E-state index contributed by atoms with van der Waals surface area (Å²) in [4.78, 5) is 50.4. The third-order valence-electron chi connectivity index (χ3n) is 7.40. The third kappa shape index (κ3) is 6.95. The Balaban J connectivity index is 0.00000370. The van der Waals surface area contributed by atoms with Crippen LogP contribution in [0.15, 0.2) is 24.3 Å². The van der Waals surface area contributed by atoms with Gasteiger partial charge in [0.05, 0.1) is 18.3 Å². The van der Waals surface area contributed by atoms with Crippen LogP contribution in [0.3, 0.4) is 0 Å². The van der Waals surface area contributed by atoms with E-state index in [-0.39, 0.29) is 42.1 Å². The lowest BCUT2D eigenvalue weighted by Crippen LogP contribution is -2.56. The minimum atomic E-state index is -0.441. The number of hydrogen-bond donors (Lipinski definition) is 4. The number of halogens is 2. The summed E-state index contributed by atoms with van der Waals surface area (Å²) in [6, 6.07) is 6.34. The first-order valence-electron chi connectivity index (χ1n) is 13.1. The summed E-state index contributed by atoms with van der Waals surface area (Å²) in [5.74, 6) is -0.915. The Kier molecular flexibility index (Phi) is 10.1. The first kappa shape index (κ1) is 30.3. The van der Waals surface area contributed by atoms with E-state index in [0.717, 1.165) is 41.0 Å². The minimum Gasteiger partial charge on any atom is -0.383 e. The number of H-pyrrole nitrogens is 1. The molecule has 4 N–H and O–H groups in total. The van der Waals surface area contributed by atoms with Gasteiger partial charge in [0.15, 0.2) is 5.01 Å². The molecule has 40 heavy (non-hydrogen) atoms. The number of amides is 3. The Bertz CT molecular complexity index is 1380. The lowest BCUT2D eigenvalue weighted by atomic mass is 9.81. The number of benzene rings is 1. The van der Waals surface area contributed by atoms with Gasteiger partial charge in [-0.1, -0.05) is 11.6 Å². The maximum Gasteiger partial charge on any atom is 0.280 e. The van der Waals surface area contributed by atoms with Crippen LogP contribution >= 0.6 is 35.3 Å². The van der Waals surface area contributed by atoms with Crippen molar-refractivity contribution in [2.24, 2.45) is 5.92 Å². The van der Waals surface area contributed by atoms with Crippen LogP contribution in [0.2, 0.25) is 5.02 Å². The lowest BCUT2D eigenvalue weighted by Gasteiger charge is -2.36. The molecule has 216 valence electrons. The summed E-state index contributed by atoms with van der Waals surface area (Å²) in [7, 11) is 3.64. The van der Waals surface area contributed by atoms with Crippen LogP contribution in [0.5, 0.6) is 0 Å². The summed E-state index contributed by atoms with van der Waals surface area (Å²) in [5.41, 5.74) is 2.18. The number of ether oxygens (including phenoxy) is 1. The molecular weight excluding hydrogens is 575 g/mol. The van der Waals surface area contributed by atoms with Gasteiger partial charge in [0.25, 0.3) is 11.8 Å². The molecule has 10 nitrogen and oxygen atoms in total. The normalized spacial score (nSPS) is 20.8. The van der Waals surface area contributed by atoms with Gasteiger partial charge in [-0.15, -0.1) is 23.7 Å². The minimum absolute atomic E-state index is 0. The molecule has 1 aliphatic carbocycles. The molecule has 1 fully saturated rings. The van der Waals surface area contributed by atoms with E-state index in [2.05, 4.69) is 37.9 Å². The maximum atomic E-state index is 13.3. The fraction of sp³-hybridized carbons (Fsp3) is 0.481. The summed E-state index contributed by atoms with van der Waals surface area (Å²) in [6.45, 7) is 2.56. The van der Waals surface area contributed by atoms with Crippen LogP contribution in [0.1, 0.15) is 50.1 Å². The molecule has 0 radical (unpaired) electrons. The van der Waals surface area contributed by atoms with E-state index < -0.39 is 6.04 Å². The SMILES string of the molecule is COCCNC(=O)[C@H]1CC[C@@H](NC(=O)c2nc3c(s2)CN(C)CC3)[C@@H](NC(=O)c2cc3cc(Cl)ccc3[nH]2)C1.Cl. The second kappa shape index (κ2) is 13.3. The predicted molar refractivity (Wildman–Crippen MR) is 157 cm³/mol.